The van der Waals surface area contributed by atoms with Gasteiger partial charge in [0.25, 0.3) is 5.56 Å². The first kappa shape index (κ1) is 13.7. The highest BCUT2D eigenvalue weighted by Crippen LogP contribution is 2.27. The number of H-pyrrole nitrogens is 3. The van der Waals surface area contributed by atoms with Crippen LogP contribution in [-0.4, -0.2) is 24.9 Å². The number of fused-ring (bicyclic) bond motifs is 2. The van der Waals surface area contributed by atoms with E-state index in [2.05, 4.69) is 37.1 Å². The molecule has 0 aliphatic rings. The van der Waals surface area contributed by atoms with E-state index < -0.39 is 0 Å². The van der Waals surface area contributed by atoms with Crippen molar-refractivity contribution >= 4 is 21.9 Å². The minimum absolute atomic E-state index is 0.155. The van der Waals surface area contributed by atoms with Gasteiger partial charge in [0.1, 0.15) is 5.65 Å². The zero-order valence-electron chi connectivity index (χ0n) is 13.1. The first-order valence-electron chi connectivity index (χ1n) is 7.89. The molecule has 0 aliphatic heterocycles. The van der Waals surface area contributed by atoms with Crippen molar-refractivity contribution in [1.82, 2.24) is 24.9 Å². The van der Waals surface area contributed by atoms with Crippen molar-refractivity contribution in [2.75, 3.05) is 0 Å². The molecule has 6 heteroatoms. The number of para-hydroxylation sites is 1. The largest absolute Gasteiger partial charge is 0.353 e. The van der Waals surface area contributed by atoms with Gasteiger partial charge in [0.2, 0.25) is 0 Å². The molecule has 0 aliphatic carbocycles. The third kappa shape index (κ3) is 2.23. The van der Waals surface area contributed by atoms with Crippen molar-refractivity contribution in [1.29, 1.82) is 0 Å². The summed E-state index contributed by atoms with van der Waals surface area (Å²) in [5, 5.41) is 1.69. The molecule has 1 aromatic carbocycles. The van der Waals surface area contributed by atoms with Crippen molar-refractivity contribution in [3.63, 3.8) is 0 Å². The number of hydrogen-bond donors (Lipinski definition) is 3. The zero-order chi connectivity index (χ0) is 16.8. The molecule has 0 saturated carbocycles. The third-order valence-electron chi connectivity index (χ3n) is 4.31. The highest BCUT2D eigenvalue weighted by atomic mass is 16.1. The van der Waals surface area contributed by atoms with Gasteiger partial charge in [-0.05, 0) is 30.3 Å². The number of hydrogen-bond acceptors (Lipinski definition) is 3. The van der Waals surface area contributed by atoms with Crippen molar-refractivity contribution in [3.05, 3.63) is 71.4 Å². The zero-order valence-corrected chi connectivity index (χ0v) is 13.1. The lowest BCUT2D eigenvalue weighted by Crippen LogP contribution is -2.04. The molecular weight excluding hydrogens is 314 g/mol. The summed E-state index contributed by atoms with van der Waals surface area (Å²) in [6.07, 6.45) is 3.16. The normalized spacial score (nSPS) is 11.4. The van der Waals surface area contributed by atoms with Crippen LogP contribution in [0.4, 0.5) is 0 Å². The molecule has 25 heavy (non-hydrogen) atoms. The van der Waals surface area contributed by atoms with E-state index >= 15 is 0 Å². The number of rotatable bonds is 2. The maximum Gasteiger partial charge on any atom is 0.260 e. The van der Waals surface area contributed by atoms with Gasteiger partial charge in [-0.15, -0.1) is 0 Å². The second-order valence-corrected chi connectivity index (χ2v) is 5.88. The Hall–Kier alpha value is -3.67. The second-order valence-electron chi connectivity index (χ2n) is 5.88. The van der Waals surface area contributed by atoms with Gasteiger partial charge in [-0.2, -0.15) is 0 Å². The molecule has 120 valence electrons. The van der Waals surface area contributed by atoms with E-state index in [1.807, 2.05) is 36.4 Å². The lowest BCUT2D eigenvalue weighted by atomic mass is 10.1. The molecule has 0 spiro atoms. The standard InChI is InChI=1S/C19H13N5O/c25-19-13-9-15(24-18(13)21-10-22-19)12-5-6-20-16(7-12)17-8-11-3-1-2-4-14(11)23-17/h1-10,23H,(H2,21,22,24,25). The van der Waals surface area contributed by atoms with Gasteiger partial charge in [0, 0.05) is 28.4 Å². The Morgan fingerprint density at radius 2 is 1.80 bits per heavy atom. The first-order valence-corrected chi connectivity index (χ1v) is 7.89. The quantitative estimate of drug-likeness (QED) is 0.464. The number of nitrogens with zero attached hydrogens (tertiary/aromatic N) is 2. The maximum absolute atomic E-state index is 11.9. The Bertz CT molecular complexity index is 1240. The van der Waals surface area contributed by atoms with Gasteiger partial charge in [0.05, 0.1) is 23.1 Å². The highest BCUT2D eigenvalue weighted by Gasteiger charge is 2.10. The summed E-state index contributed by atoms with van der Waals surface area (Å²) in [5.41, 5.74) is 5.07. The second kappa shape index (κ2) is 5.17. The highest BCUT2D eigenvalue weighted by molar-refractivity contribution is 5.86. The molecule has 0 saturated heterocycles. The molecule has 0 amide bonds. The molecule has 3 N–H and O–H groups in total. The van der Waals surface area contributed by atoms with Gasteiger partial charge in [-0.3, -0.25) is 9.78 Å². The van der Waals surface area contributed by atoms with Crippen molar-refractivity contribution in [3.8, 4) is 22.6 Å². The fraction of sp³-hybridized carbons (Fsp3) is 0. The van der Waals surface area contributed by atoms with Crippen LogP contribution in [0.2, 0.25) is 0 Å². The van der Waals surface area contributed by atoms with Crippen LogP contribution in [0.1, 0.15) is 0 Å². The Balaban J connectivity index is 1.64. The first-order chi connectivity index (χ1) is 12.3. The van der Waals surface area contributed by atoms with Gasteiger partial charge in [0.15, 0.2) is 0 Å². The number of benzene rings is 1. The predicted molar refractivity (Wildman–Crippen MR) is 97.2 cm³/mol. The minimum atomic E-state index is -0.155. The topological polar surface area (TPSA) is 90.2 Å². The Labute approximate surface area is 141 Å². The van der Waals surface area contributed by atoms with Crippen LogP contribution in [0, 0.1) is 0 Å². The van der Waals surface area contributed by atoms with Crippen LogP contribution in [0.3, 0.4) is 0 Å². The van der Waals surface area contributed by atoms with E-state index in [4.69, 9.17) is 0 Å². The van der Waals surface area contributed by atoms with Crippen molar-refractivity contribution in [2.45, 2.75) is 0 Å². The van der Waals surface area contributed by atoms with Gasteiger partial charge in [-0.1, -0.05) is 18.2 Å². The van der Waals surface area contributed by atoms with Crippen LogP contribution >= 0.6 is 0 Å². The molecule has 0 atom stereocenters. The molecule has 0 fully saturated rings. The summed E-state index contributed by atoms with van der Waals surface area (Å²) in [5.74, 6) is 0. The predicted octanol–water partition coefficient (Wildman–Crippen LogP) is 3.46. The molecule has 4 heterocycles. The summed E-state index contributed by atoms with van der Waals surface area (Å²) in [4.78, 5) is 29.7. The summed E-state index contributed by atoms with van der Waals surface area (Å²) < 4.78 is 0. The van der Waals surface area contributed by atoms with Crippen LogP contribution in [-0.2, 0) is 0 Å². The Morgan fingerprint density at radius 3 is 2.68 bits per heavy atom. The van der Waals surface area contributed by atoms with E-state index in [1.54, 1.807) is 6.20 Å². The van der Waals surface area contributed by atoms with Gasteiger partial charge >= 0.3 is 0 Å². The minimum Gasteiger partial charge on any atom is -0.353 e. The average molecular weight is 327 g/mol. The Morgan fingerprint density at radius 1 is 0.880 bits per heavy atom. The van der Waals surface area contributed by atoms with E-state index in [9.17, 15) is 4.79 Å². The number of aromatic amines is 3. The molecule has 5 aromatic rings. The van der Waals surface area contributed by atoms with Gasteiger partial charge in [-0.25, -0.2) is 4.98 Å². The third-order valence-corrected chi connectivity index (χ3v) is 4.31. The smallest absolute Gasteiger partial charge is 0.260 e. The van der Waals surface area contributed by atoms with Crippen LogP contribution < -0.4 is 5.56 Å². The van der Waals surface area contributed by atoms with Gasteiger partial charge < -0.3 is 15.0 Å². The number of pyridine rings is 1. The number of aromatic nitrogens is 5. The van der Waals surface area contributed by atoms with Crippen molar-refractivity contribution in [2.24, 2.45) is 0 Å². The molecule has 0 bridgehead atoms. The maximum atomic E-state index is 11.9. The average Bonchev–Trinajstić information content (AvgIpc) is 3.27. The van der Waals surface area contributed by atoms with Crippen LogP contribution in [0.5, 0.6) is 0 Å². The number of nitrogens with one attached hydrogen (secondary N) is 3. The summed E-state index contributed by atoms with van der Waals surface area (Å²) >= 11 is 0. The SMILES string of the molecule is O=c1[nH]cnc2[nH]c(-c3ccnc(-c4cc5ccccc5[nH]4)c3)cc12. The monoisotopic (exact) mass is 327 g/mol. The van der Waals surface area contributed by atoms with Crippen LogP contribution in [0.25, 0.3) is 44.6 Å². The molecule has 6 nitrogen and oxygen atoms in total. The molecular formula is C19H13N5O. The van der Waals surface area contributed by atoms with Crippen molar-refractivity contribution < 1.29 is 0 Å². The fourth-order valence-electron chi connectivity index (χ4n) is 3.06. The summed E-state index contributed by atoms with van der Waals surface area (Å²) in [7, 11) is 0. The lowest BCUT2D eigenvalue weighted by molar-refractivity contribution is 1.16. The van der Waals surface area contributed by atoms with Crippen LogP contribution in [0.15, 0.2) is 65.8 Å². The van der Waals surface area contributed by atoms with E-state index in [0.29, 0.717) is 11.0 Å². The summed E-state index contributed by atoms with van der Waals surface area (Å²) in [6.45, 7) is 0. The molecule has 5 rings (SSSR count). The van der Waals surface area contributed by atoms with E-state index in [0.717, 1.165) is 33.5 Å². The molecule has 0 unspecified atom stereocenters. The van der Waals surface area contributed by atoms with E-state index in [-0.39, 0.29) is 5.56 Å². The Kier molecular flexibility index (Phi) is 2.84. The molecule has 4 aromatic heterocycles. The lowest BCUT2D eigenvalue weighted by Gasteiger charge is -2.01. The fourth-order valence-corrected chi connectivity index (χ4v) is 3.06. The molecule has 0 radical (unpaired) electrons. The summed E-state index contributed by atoms with van der Waals surface area (Å²) in [6, 6.07) is 15.9. The van der Waals surface area contributed by atoms with E-state index in [1.165, 1.54) is 6.33 Å².